The molecule has 0 saturated heterocycles. The third kappa shape index (κ3) is 4.57. The maximum absolute atomic E-state index is 11.3. The van der Waals surface area contributed by atoms with E-state index in [1.54, 1.807) is 30.3 Å². The molecule has 132 valence electrons. The van der Waals surface area contributed by atoms with Gasteiger partial charge in [-0.05, 0) is 60.4 Å². The van der Waals surface area contributed by atoms with Crippen LogP contribution in [0.5, 0.6) is 0 Å². The van der Waals surface area contributed by atoms with Gasteiger partial charge in [0.15, 0.2) is 0 Å². The molecule has 0 unspecified atom stereocenters. The molecule has 0 radical (unpaired) electrons. The molecule has 0 atom stereocenters. The third-order valence-electron chi connectivity index (χ3n) is 4.09. The van der Waals surface area contributed by atoms with Gasteiger partial charge < -0.3 is 10.4 Å². The molecule has 0 saturated carbocycles. The van der Waals surface area contributed by atoms with Crippen molar-refractivity contribution in [2.24, 2.45) is 0 Å². The van der Waals surface area contributed by atoms with Crippen molar-refractivity contribution in [3.63, 3.8) is 0 Å². The van der Waals surface area contributed by atoms with Gasteiger partial charge in [-0.3, -0.25) is 0 Å². The average molecular weight is 386 g/mol. The lowest BCUT2D eigenvalue weighted by Crippen LogP contribution is -2.02. The number of para-hydroxylation sites is 1. The number of carboxylic acid groups (broad SMARTS) is 1. The lowest BCUT2D eigenvalue weighted by atomic mass is 10.0. The molecule has 2 N–H and O–H groups in total. The Labute approximate surface area is 162 Å². The van der Waals surface area contributed by atoms with Gasteiger partial charge >= 0.3 is 5.97 Å². The van der Waals surface area contributed by atoms with Crippen LogP contribution in [-0.2, 0) is 12.8 Å². The number of nitrogens with one attached hydrogen (secondary N) is 1. The lowest BCUT2D eigenvalue weighted by Gasteiger charge is -2.10. The number of halogens is 2. The van der Waals surface area contributed by atoms with Crippen LogP contribution >= 0.6 is 23.2 Å². The minimum absolute atomic E-state index is 0.244. The van der Waals surface area contributed by atoms with Crippen molar-refractivity contribution in [1.82, 2.24) is 0 Å². The standard InChI is InChI=1S/C21H17Cl2NO2/c22-16-10-9-15(19(23)13-16)8-5-14-6-11-17(12-7-14)24-20-4-2-1-3-18(20)21(25)26/h1-4,6-7,9-13,24H,5,8H2,(H,25,26). The van der Waals surface area contributed by atoms with Crippen molar-refractivity contribution in [2.45, 2.75) is 12.8 Å². The minimum atomic E-state index is -0.954. The summed E-state index contributed by atoms with van der Waals surface area (Å²) in [7, 11) is 0. The first-order valence-corrected chi connectivity index (χ1v) is 8.91. The summed E-state index contributed by atoms with van der Waals surface area (Å²) in [4.78, 5) is 11.3. The quantitative estimate of drug-likeness (QED) is 0.529. The summed E-state index contributed by atoms with van der Waals surface area (Å²) in [6, 6.07) is 20.3. The summed E-state index contributed by atoms with van der Waals surface area (Å²) in [5.41, 5.74) is 3.89. The zero-order chi connectivity index (χ0) is 18.5. The highest BCUT2D eigenvalue weighted by atomic mass is 35.5. The zero-order valence-electron chi connectivity index (χ0n) is 13.9. The fourth-order valence-corrected chi connectivity index (χ4v) is 3.20. The molecule has 26 heavy (non-hydrogen) atoms. The van der Waals surface area contributed by atoms with Crippen LogP contribution in [0.1, 0.15) is 21.5 Å². The van der Waals surface area contributed by atoms with E-state index in [0.717, 1.165) is 24.1 Å². The van der Waals surface area contributed by atoms with Crippen molar-refractivity contribution in [3.8, 4) is 0 Å². The van der Waals surface area contributed by atoms with Crippen molar-refractivity contribution >= 4 is 40.5 Å². The summed E-state index contributed by atoms with van der Waals surface area (Å²) in [6.07, 6.45) is 1.68. The van der Waals surface area contributed by atoms with E-state index in [1.165, 1.54) is 5.56 Å². The van der Waals surface area contributed by atoms with Crippen molar-refractivity contribution in [3.05, 3.63) is 93.5 Å². The van der Waals surface area contributed by atoms with Crippen LogP contribution in [0.2, 0.25) is 10.0 Å². The largest absolute Gasteiger partial charge is 0.478 e. The number of benzene rings is 3. The van der Waals surface area contributed by atoms with Crippen molar-refractivity contribution in [1.29, 1.82) is 0 Å². The molecule has 3 rings (SSSR count). The fourth-order valence-electron chi connectivity index (χ4n) is 2.69. The maximum Gasteiger partial charge on any atom is 0.337 e. The van der Waals surface area contributed by atoms with Gasteiger partial charge in [-0.1, -0.05) is 53.5 Å². The number of hydrogen-bond donors (Lipinski definition) is 2. The molecule has 0 heterocycles. The number of rotatable bonds is 6. The predicted molar refractivity (Wildman–Crippen MR) is 107 cm³/mol. The monoisotopic (exact) mass is 385 g/mol. The van der Waals surface area contributed by atoms with E-state index in [2.05, 4.69) is 5.32 Å². The highest BCUT2D eigenvalue weighted by Gasteiger charge is 2.09. The Balaban J connectivity index is 1.66. The summed E-state index contributed by atoms with van der Waals surface area (Å²) in [5.74, 6) is -0.954. The second-order valence-electron chi connectivity index (χ2n) is 5.91. The third-order valence-corrected chi connectivity index (χ3v) is 4.68. The van der Waals surface area contributed by atoms with E-state index in [1.807, 2.05) is 36.4 Å². The van der Waals surface area contributed by atoms with Crippen LogP contribution in [0, 0.1) is 0 Å². The molecule has 0 amide bonds. The predicted octanol–water partition coefficient (Wildman–Crippen LogP) is 6.22. The van der Waals surface area contributed by atoms with E-state index in [9.17, 15) is 9.90 Å². The summed E-state index contributed by atoms with van der Waals surface area (Å²) < 4.78 is 0. The molecule has 0 aliphatic heterocycles. The van der Waals surface area contributed by atoms with Crippen molar-refractivity contribution < 1.29 is 9.90 Å². The summed E-state index contributed by atoms with van der Waals surface area (Å²) in [6.45, 7) is 0. The number of carboxylic acids is 1. The van der Waals surface area contributed by atoms with Gasteiger partial charge in [0.1, 0.15) is 0 Å². The Bertz CT molecular complexity index is 924. The van der Waals surface area contributed by atoms with Crippen LogP contribution in [0.15, 0.2) is 66.7 Å². The van der Waals surface area contributed by atoms with Gasteiger partial charge in [0.05, 0.1) is 11.3 Å². The Kier molecular flexibility index (Phi) is 5.82. The molecule has 5 heteroatoms. The van der Waals surface area contributed by atoms with Crippen LogP contribution in [-0.4, -0.2) is 11.1 Å². The Hall–Kier alpha value is -2.49. The molecule has 0 fully saturated rings. The van der Waals surface area contributed by atoms with Gasteiger partial charge in [-0.15, -0.1) is 0 Å². The second-order valence-corrected chi connectivity index (χ2v) is 6.75. The lowest BCUT2D eigenvalue weighted by molar-refractivity contribution is 0.0698. The first kappa shape index (κ1) is 18.3. The van der Waals surface area contributed by atoms with Crippen LogP contribution in [0.25, 0.3) is 0 Å². The van der Waals surface area contributed by atoms with Crippen LogP contribution < -0.4 is 5.32 Å². The molecule has 0 bridgehead atoms. The molecular formula is C21H17Cl2NO2. The van der Waals surface area contributed by atoms with E-state index in [-0.39, 0.29) is 5.56 Å². The van der Waals surface area contributed by atoms with E-state index < -0.39 is 5.97 Å². The second kappa shape index (κ2) is 8.26. The Morgan fingerprint density at radius 3 is 2.35 bits per heavy atom. The normalized spacial score (nSPS) is 10.5. The van der Waals surface area contributed by atoms with E-state index in [0.29, 0.717) is 15.7 Å². The van der Waals surface area contributed by atoms with Gasteiger partial charge in [-0.2, -0.15) is 0 Å². The van der Waals surface area contributed by atoms with Gasteiger partial charge in [-0.25, -0.2) is 4.79 Å². The topological polar surface area (TPSA) is 49.3 Å². The first-order valence-electron chi connectivity index (χ1n) is 8.15. The number of anilines is 2. The van der Waals surface area contributed by atoms with Gasteiger partial charge in [0.2, 0.25) is 0 Å². The fraction of sp³-hybridized carbons (Fsp3) is 0.0952. The molecule has 0 aliphatic carbocycles. The van der Waals surface area contributed by atoms with E-state index >= 15 is 0 Å². The number of aryl methyl sites for hydroxylation is 2. The number of aromatic carboxylic acids is 1. The highest BCUT2D eigenvalue weighted by Crippen LogP contribution is 2.24. The molecular weight excluding hydrogens is 369 g/mol. The molecule has 0 spiro atoms. The molecule has 0 aliphatic rings. The van der Waals surface area contributed by atoms with Gasteiger partial charge in [0.25, 0.3) is 0 Å². The number of carbonyl (C=O) groups is 1. The minimum Gasteiger partial charge on any atom is -0.478 e. The molecule has 3 aromatic rings. The van der Waals surface area contributed by atoms with Crippen LogP contribution in [0.3, 0.4) is 0 Å². The smallest absolute Gasteiger partial charge is 0.337 e. The summed E-state index contributed by atoms with van der Waals surface area (Å²) in [5, 5.41) is 13.7. The number of hydrogen-bond acceptors (Lipinski definition) is 2. The maximum atomic E-state index is 11.3. The average Bonchev–Trinajstić information content (AvgIpc) is 2.62. The zero-order valence-corrected chi connectivity index (χ0v) is 15.4. The van der Waals surface area contributed by atoms with Crippen molar-refractivity contribution in [2.75, 3.05) is 5.32 Å². The summed E-state index contributed by atoms with van der Waals surface area (Å²) >= 11 is 12.1. The molecule has 3 nitrogen and oxygen atoms in total. The van der Waals surface area contributed by atoms with E-state index in [4.69, 9.17) is 23.2 Å². The van der Waals surface area contributed by atoms with Crippen LogP contribution in [0.4, 0.5) is 11.4 Å². The molecule has 3 aromatic carbocycles. The SMILES string of the molecule is O=C(O)c1ccccc1Nc1ccc(CCc2ccc(Cl)cc2Cl)cc1. The first-order chi connectivity index (χ1) is 12.5. The highest BCUT2D eigenvalue weighted by molar-refractivity contribution is 6.35. The Morgan fingerprint density at radius 1 is 0.923 bits per heavy atom. The van der Waals surface area contributed by atoms with Gasteiger partial charge in [0, 0.05) is 15.7 Å². The Morgan fingerprint density at radius 2 is 1.65 bits per heavy atom. The molecule has 0 aromatic heterocycles.